The van der Waals surface area contributed by atoms with Crippen LogP contribution in [0.3, 0.4) is 0 Å². The lowest BCUT2D eigenvalue weighted by molar-refractivity contribution is 0.00403. The van der Waals surface area contributed by atoms with E-state index in [1.54, 1.807) is 12.1 Å². The normalized spacial score (nSPS) is 23.3. The number of rotatable bonds is 11. The van der Waals surface area contributed by atoms with Crippen LogP contribution in [0.4, 0.5) is 5.82 Å². The van der Waals surface area contributed by atoms with Crippen LogP contribution < -0.4 is 5.32 Å². The molecule has 3 aromatic heterocycles. The minimum Gasteiger partial charge on any atom is -0.390 e. The number of H-pyrrole nitrogens is 1. The zero-order valence-corrected chi connectivity index (χ0v) is 24.9. The summed E-state index contributed by atoms with van der Waals surface area (Å²) in [4.78, 5) is 16.6. The Morgan fingerprint density at radius 3 is 2.68 bits per heavy atom. The van der Waals surface area contributed by atoms with E-state index in [-0.39, 0.29) is 6.54 Å². The number of unbranched alkanes of at least 4 members (excludes halogenated alkanes) is 1. The first kappa shape index (κ1) is 28.6. The Labute approximate surface area is 248 Å². The number of hydrogen-bond acceptors (Lipinski definition) is 8. The predicted octanol–water partition coefficient (Wildman–Crippen LogP) is 3.76. The molecule has 0 aliphatic heterocycles. The van der Waals surface area contributed by atoms with Crippen molar-refractivity contribution in [2.45, 2.75) is 62.8 Å². The van der Waals surface area contributed by atoms with Gasteiger partial charge in [0.2, 0.25) is 10.0 Å². The average molecular weight is 623 g/mol. The highest BCUT2D eigenvalue weighted by Gasteiger charge is 2.44. The molecule has 3 heterocycles. The molecule has 4 N–H and O–H groups in total. The van der Waals surface area contributed by atoms with E-state index in [0.717, 1.165) is 40.9 Å². The molecule has 0 unspecified atom stereocenters. The molecule has 41 heavy (non-hydrogen) atoms. The van der Waals surface area contributed by atoms with Gasteiger partial charge in [-0.15, -0.1) is 0 Å². The maximum Gasteiger partial charge on any atom is 0.211 e. The zero-order chi connectivity index (χ0) is 28.9. The molecule has 14 heteroatoms. The van der Waals surface area contributed by atoms with Crippen molar-refractivity contribution in [1.29, 1.82) is 0 Å². The molecular weight excluding hydrogens is 589 g/mol. The summed E-state index contributed by atoms with van der Waals surface area (Å²) in [7, 11) is -3.53. The van der Waals surface area contributed by atoms with Gasteiger partial charge in [0.05, 0.1) is 44.9 Å². The fraction of sp³-hybridized carbons (Fsp3) is 0.519. The first-order valence-electron chi connectivity index (χ1n) is 13.8. The van der Waals surface area contributed by atoms with Crippen LogP contribution >= 0.6 is 23.2 Å². The molecule has 0 radical (unpaired) electrons. The molecule has 11 nitrogen and oxygen atoms in total. The SMILES string of the molecule is CS(=O)(=O)N(CCCCc1nc2cc(Cl)c(Cl)cc2[nH]1)C[C@@H]1C[C@@H](n2ccc3c(NC4CC4)ncnc32)[C@H](O)[C@@H]1O. The van der Waals surface area contributed by atoms with Gasteiger partial charge in [0.1, 0.15) is 29.7 Å². The van der Waals surface area contributed by atoms with Crippen LogP contribution in [0.15, 0.2) is 30.7 Å². The highest BCUT2D eigenvalue weighted by atomic mass is 35.5. The number of aryl methyl sites for hydroxylation is 1. The summed E-state index contributed by atoms with van der Waals surface area (Å²) in [5, 5.41) is 27.1. The van der Waals surface area contributed by atoms with Crippen LogP contribution in [-0.4, -0.2) is 85.0 Å². The van der Waals surface area contributed by atoms with Gasteiger partial charge in [-0.3, -0.25) is 0 Å². The second-order valence-corrected chi connectivity index (χ2v) is 14.0. The number of imidazole rings is 1. The fourth-order valence-corrected chi connectivity index (χ4v) is 6.99. The number of aromatic nitrogens is 5. The van der Waals surface area contributed by atoms with Crippen LogP contribution in [0.25, 0.3) is 22.1 Å². The minimum absolute atomic E-state index is 0.123. The highest BCUT2D eigenvalue weighted by Crippen LogP contribution is 2.39. The molecule has 2 aliphatic carbocycles. The van der Waals surface area contributed by atoms with Gasteiger partial charge < -0.3 is 25.1 Å². The summed E-state index contributed by atoms with van der Waals surface area (Å²) in [6.45, 7) is 0.425. The van der Waals surface area contributed by atoms with E-state index < -0.39 is 34.2 Å². The zero-order valence-electron chi connectivity index (χ0n) is 22.5. The molecule has 1 aromatic carbocycles. The maximum absolute atomic E-state index is 12.7. The molecule has 2 fully saturated rings. The molecule has 2 saturated carbocycles. The third-order valence-electron chi connectivity index (χ3n) is 8.11. The van der Waals surface area contributed by atoms with Crippen molar-refractivity contribution in [3.05, 3.63) is 46.6 Å². The molecule has 0 saturated heterocycles. The van der Waals surface area contributed by atoms with Crippen LogP contribution in [0.2, 0.25) is 10.0 Å². The molecule has 4 aromatic rings. The number of sulfonamides is 1. The van der Waals surface area contributed by atoms with Gasteiger partial charge in [0, 0.05) is 37.7 Å². The van der Waals surface area contributed by atoms with E-state index >= 15 is 0 Å². The van der Waals surface area contributed by atoms with Crippen molar-refractivity contribution in [3.8, 4) is 0 Å². The first-order valence-corrected chi connectivity index (χ1v) is 16.4. The molecule has 0 amide bonds. The minimum atomic E-state index is -3.53. The second kappa shape index (κ2) is 11.3. The van der Waals surface area contributed by atoms with E-state index in [2.05, 4.69) is 25.3 Å². The number of aliphatic hydroxyl groups is 2. The third-order valence-corrected chi connectivity index (χ3v) is 10.1. The number of anilines is 1. The standard InChI is InChI=1S/C27H33Cl2N7O4S/c1-41(39,40)35(8-3-2-4-23-33-20-11-18(28)19(29)12-21(20)34-23)13-15-10-22(25(38)24(15)37)36-9-7-17-26(32-16-5-6-16)30-14-31-27(17)36/h7,9,11-12,14-16,22,24-25,37-38H,2-6,8,10,13H2,1H3,(H,33,34)(H,30,31,32)/t15-,22+,24+,25-/m0/s1. The van der Waals surface area contributed by atoms with Crippen LogP contribution in [-0.2, 0) is 16.4 Å². The lowest BCUT2D eigenvalue weighted by Crippen LogP contribution is -2.39. The maximum atomic E-state index is 12.7. The van der Waals surface area contributed by atoms with Gasteiger partial charge in [-0.2, -0.15) is 0 Å². The smallest absolute Gasteiger partial charge is 0.211 e. The van der Waals surface area contributed by atoms with Gasteiger partial charge >= 0.3 is 0 Å². The van der Waals surface area contributed by atoms with Crippen molar-refractivity contribution in [2.24, 2.45) is 5.92 Å². The number of aromatic amines is 1. The quantitative estimate of drug-likeness (QED) is 0.185. The Morgan fingerprint density at radius 1 is 1.15 bits per heavy atom. The molecular formula is C27H33Cl2N7O4S. The van der Waals surface area contributed by atoms with Crippen LogP contribution in [0, 0.1) is 5.92 Å². The summed E-state index contributed by atoms with van der Waals surface area (Å²) in [5.74, 6) is 1.11. The van der Waals surface area contributed by atoms with E-state index in [1.165, 1.54) is 16.9 Å². The van der Waals surface area contributed by atoms with Crippen molar-refractivity contribution in [1.82, 2.24) is 28.8 Å². The van der Waals surface area contributed by atoms with Gasteiger partial charge in [-0.1, -0.05) is 23.2 Å². The average Bonchev–Trinajstić information content (AvgIpc) is 3.38. The van der Waals surface area contributed by atoms with Gasteiger partial charge in [0.25, 0.3) is 0 Å². The Hall–Kier alpha value is -2.48. The summed E-state index contributed by atoms with van der Waals surface area (Å²) in [5.41, 5.74) is 2.20. The number of nitrogens with zero attached hydrogens (tertiary/aromatic N) is 5. The first-order chi connectivity index (χ1) is 19.6. The van der Waals surface area contributed by atoms with Crippen molar-refractivity contribution >= 4 is 61.1 Å². The van der Waals surface area contributed by atoms with Crippen LogP contribution in [0.5, 0.6) is 0 Å². The molecule has 0 bridgehead atoms. The Kier molecular flexibility index (Phi) is 7.90. The fourth-order valence-electron chi connectivity index (χ4n) is 5.74. The molecule has 220 valence electrons. The molecule has 2 aliphatic rings. The largest absolute Gasteiger partial charge is 0.390 e. The molecule has 4 atom stereocenters. The summed E-state index contributed by atoms with van der Waals surface area (Å²) < 4.78 is 28.6. The lowest BCUT2D eigenvalue weighted by Gasteiger charge is -2.25. The second-order valence-electron chi connectivity index (χ2n) is 11.2. The van der Waals surface area contributed by atoms with Crippen molar-refractivity contribution in [3.63, 3.8) is 0 Å². The topological polar surface area (TPSA) is 149 Å². The number of halogens is 2. The third kappa shape index (κ3) is 6.04. The van der Waals surface area contributed by atoms with Gasteiger partial charge in [-0.25, -0.2) is 27.7 Å². The van der Waals surface area contributed by atoms with Gasteiger partial charge in [-0.05, 0) is 50.3 Å². The molecule has 0 spiro atoms. The summed E-state index contributed by atoms with van der Waals surface area (Å²) in [6.07, 6.45) is 7.00. The number of nitrogens with one attached hydrogen (secondary N) is 2. The lowest BCUT2D eigenvalue weighted by atomic mass is 10.1. The Morgan fingerprint density at radius 2 is 1.93 bits per heavy atom. The van der Waals surface area contributed by atoms with Crippen molar-refractivity contribution < 1.29 is 18.6 Å². The van der Waals surface area contributed by atoms with E-state index in [4.69, 9.17) is 23.2 Å². The number of hydrogen-bond donors (Lipinski definition) is 4. The predicted molar refractivity (Wildman–Crippen MR) is 159 cm³/mol. The molecule has 6 rings (SSSR count). The highest BCUT2D eigenvalue weighted by molar-refractivity contribution is 7.88. The number of fused-ring (bicyclic) bond motifs is 2. The van der Waals surface area contributed by atoms with Crippen LogP contribution in [0.1, 0.15) is 44.0 Å². The van der Waals surface area contributed by atoms with Gasteiger partial charge in [0.15, 0.2) is 0 Å². The summed E-state index contributed by atoms with van der Waals surface area (Å²) >= 11 is 12.2. The Bertz CT molecular complexity index is 1630. The number of aliphatic hydroxyl groups excluding tert-OH is 2. The van der Waals surface area contributed by atoms with E-state index in [0.29, 0.717) is 54.0 Å². The summed E-state index contributed by atoms with van der Waals surface area (Å²) in [6, 6.07) is 5.36. The van der Waals surface area contributed by atoms with E-state index in [1.807, 2.05) is 16.8 Å². The Balaban J connectivity index is 1.10. The van der Waals surface area contributed by atoms with E-state index in [9.17, 15) is 18.6 Å². The number of benzene rings is 1. The van der Waals surface area contributed by atoms with Crippen molar-refractivity contribution in [2.75, 3.05) is 24.7 Å². The monoisotopic (exact) mass is 621 g/mol.